The van der Waals surface area contributed by atoms with Crippen LogP contribution in [0, 0.1) is 5.41 Å². The second kappa shape index (κ2) is 7.73. The highest BCUT2D eigenvalue weighted by molar-refractivity contribution is 5.94. The number of amides is 1. The van der Waals surface area contributed by atoms with E-state index < -0.39 is 0 Å². The monoisotopic (exact) mass is 275 g/mol. The van der Waals surface area contributed by atoms with Gasteiger partial charge in [-0.2, -0.15) is 0 Å². The Hall–Kier alpha value is -1.77. The van der Waals surface area contributed by atoms with Crippen LogP contribution in [0.1, 0.15) is 49.9 Å². The molecule has 1 atom stereocenters. The van der Waals surface area contributed by atoms with E-state index in [1.807, 2.05) is 6.08 Å². The van der Waals surface area contributed by atoms with Crippen molar-refractivity contribution in [3.63, 3.8) is 0 Å². The van der Waals surface area contributed by atoms with Crippen LogP contribution in [-0.2, 0) is 0 Å². The summed E-state index contributed by atoms with van der Waals surface area (Å²) in [4.78, 5) is 12.1. The minimum absolute atomic E-state index is 0.0252. The van der Waals surface area contributed by atoms with Crippen LogP contribution in [0.4, 0.5) is 0 Å². The maximum Gasteiger partial charge on any atom is 0.251 e. The van der Waals surface area contributed by atoms with Gasteiger partial charge in [0, 0.05) is 17.5 Å². The molecular weight excluding hydrogens is 250 g/mol. The molecule has 3 nitrogen and oxygen atoms in total. The van der Waals surface area contributed by atoms with Gasteiger partial charge in [-0.1, -0.05) is 32.8 Å². The van der Waals surface area contributed by atoms with Crippen molar-refractivity contribution < 1.29 is 9.90 Å². The molecule has 3 heteroatoms. The number of benzene rings is 1. The van der Waals surface area contributed by atoms with Crippen LogP contribution in [0.2, 0.25) is 0 Å². The molecule has 1 rings (SSSR count). The molecule has 0 saturated carbocycles. The van der Waals surface area contributed by atoms with E-state index >= 15 is 0 Å². The van der Waals surface area contributed by atoms with Gasteiger partial charge in [0.1, 0.15) is 5.75 Å². The minimum Gasteiger partial charge on any atom is -0.508 e. The lowest BCUT2D eigenvalue weighted by atomic mass is 9.80. The molecule has 1 aromatic carbocycles. The first-order chi connectivity index (χ1) is 9.56. The number of aromatic hydroxyl groups is 1. The Morgan fingerprint density at radius 1 is 1.35 bits per heavy atom. The van der Waals surface area contributed by atoms with Crippen molar-refractivity contribution in [1.29, 1.82) is 0 Å². The first-order valence-corrected chi connectivity index (χ1v) is 7.27. The number of phenols is 1. The van der Waals surface area contributed by atoms with Crippen LogP contribution in [0.15, 0.2) is 36.9 Å². The third-order valence-electron chi connectivity index (χ3n) is 3.90. The Labute approximate surface area is 121 Å². The molecule has 1 unspecified atom stereocenters. The second-order valence-electron chi connectivity index (χ2n) is 5.25. The summed E-state index contributed by atoms with van der Waals surface area (Å²) in [6, 6.07) is 6.29. The predicted octanol–water partition coefficient (Wildman–Crippen LogP) is 3.89. The molecule has 0 aliphatic heterocycles. The molecule has 0 aliphatic carbocycles. The summed E-state index contributed by atoms with van der Waals surface area (Å²) < 4.78 is 0. The molecule has 1 aromatic rings. The van der Waals surface area contributed by atoms with Crippen molar-refractivity contribution >= 4 is 5.91 Å². The molecule has 0 bridgehead atoms. The summed E-state index contributed by atoms with van der Waals surface area (Å²) in [5.41, 5.74) is 0.537. The molecular formula is C17H25NO2. The maximum absolute atomic E-state index is 12.1. The van der Waals surface area contributed by atoms with Crippen LogP contribution in [0.3, 0.4) is 0 Å². The smallest absolute Gasteiger partial charge is 0.251 e. The van der Waals surface area contributed by atoms with E-state index in [-0.39, 0.29) is 17.1 Å². The van der Waals surface area contributed by atoms with Gasteiger partial charge in [-0.3, -0.25) is 4.79 Å². The number of hydrogen-bond donors (Lipinski definition) is 2. The summed E-state index contributed by atoms with van der Waals surface area (Å²) in [7, 11) is 0. The van der Waals surface area contributed by atoms with Gasteiger partial charge in [0.2, 0.25) is 0 Å². The second-order valence-corrected chi connectivity index (χ2v) is 5.25. The van der Waals surface area contributed by atoms with E-state index in [1.165, 1.54) is 12.1 Å². The molecule has 0 aromatic heterocycles. The predicted molar refractivity (Wildman–Crippen MR) is 82.9 cm³/mol. The lowest BCUT2D eigenvalue weighted by Gasteiger charge is -2.29. The van der Waals surface area contributed by atoms with Gasteiger partial charge in [-0.15, -0.1) is 6.58 Å². The fraction of sp³-hybridized carbons (Fsp3) is 0.471. The van der Waals surface area contributed by atoms with Crippen LogP contribution in [-0.4, -0.2) is 17.6 Å². The van der Waals surface area contributed by atoms with Crippen molar-refractivity contribution in [2.75, 3.05) is 6.54 Å². The van der Waals surface area contributed by atoms with Gasteiger partial charge < -0.3 is 10.4 Å². The molecule has 2 N–H and O–H groups in total. The minimum atomic E-state index is -0.110. The molecule has 0 heterocycles. The zero-order chi connectivity index (χ0) is 15.0. The third-order valence-corrected chi connectivity index (χ3v) is 3.90. The van der Waals surface area contributed by atoms with Crippen molar-refractivity contribution in [3.8, 4) is 5.75 Å². The zero-order valence-electron chi connectivity index (χ0n) is 12.5. The molecule has 1 amide bonds. The molecule has 0 fully saturated rings. The quantitative estimate of drug-likeness (QED) is 0.707. The number of carbonyl (C=O) groups is 1. The average molecular weight is 275 g/mol. The van der Waals surface area contributed by atoms with Crippen LogP contribution in [0.5, 0.6) is 5.75 Å². The largest absolute Gasteiger partial charge is 0.508 e. The highest BCUT2D eigenvalue weighted by atomic mass is 16.3. The first kappa shape index (κ1) is 16.3. The number of unbranched alkanes of at least 4 members (excludes halogenated alkanes) is 1. The van der Waals surface area contributed by atoms with Gasteiger partial charge in [0.05, 0.1) is 0 Å². The topological polar surface area (TPSA) is 49.3 Å². The lowest BCUT2D eigenvalue weighted by molar-refractivity contribution is 0.0936. The normalized spacial score (nSPS) is 13.5. The summed E-state index contributed by atoms with van der Waals surface area (Å²) >= 11 is 0. The first-order valence-electron chi connectivity index (χ1n) is 7.27. The van der Waals surface area contributed by atoms with E-state index in [1.54, 1.807) is 12.1 Å². The highest BCUT2D eigenvalue weighted by Crippen LogP contribution is 2.29. The van der Waals surface area contributed by atoms with Crippen molar-refractivity contribution in [3.05, 3.63) is 42.5 Å². The van der Waals surface area contributed by atoms with Crippen LogP contribution < -0.4 is 5.32 Å². The fourth-order valence-electron chi connectivity index (χ4n) is 2.21. The molecule has 20 heavy (non-hydrogen) atoms. The number of carbonyl (C=O) groups excluding carboxylic acids is 1. The van der Waals surface area contributed by atoms with Gasteiger partial charge in [0.15, 0.2) is 0 Å². The number of nitrogens with one attached hydrogen (secondary N) is 1. The van der Waals surface area contributed by atoms with Gasteiger partial charge in [-0.05, 0) is 37.1 Å². The highest BCUT2D eigenvalue weighted by Gasteiger charge is 2.24. The summed E-state index contributed by atoms with van der Waals surface area (Å²) in [6.45, 7) is 8.83. The number of hydrogen-bond acceptors (Lipinski definition) is 2. The van der Waals surface area contributed by atoms with E-state index in [9.17, 15) is 9.90 Å². The van der Waals surface area contributed by atoms with Crippen molar-refractivity contribution in [2.45, 2.75) is 39.5 Å². The van der Waals surface area contributed by atoms with E-state index in [0.717, 1.165) is 25.7 Å². The Kier molecular flexibility index (Phi) is 6.29. The fourth-order valence-corrected chi connectivity index (χ4v) is 2.21. The third kappa shape index (κ3) is 4.41. The number of phenolic OH excluding ortho intramolecular Hbond substituents is 1. The summed E-state index contributed by atoms with van der Waals surface area (Å²) in [6.07, 6.45) is 6.25. The molecule has 0 saturated heterocycles. The molecule has 0 aliphatic rings. The number of rotatable bonds is 8. The van der Waals surface area contributed by atoms with E-state index in [2.05, 4.69) is 25.7 Å². The standard InChI is InChI=1S/C17H25NO2/c1-4-7-12-17(5-2,6-3)13-18-16(20)14-8-10-15(19)11-9-14/h5,8-11,19H,2,4,6-7,12-13H2,1,3H3,(H,18,20). The van der Waals surface area contributed by atoms with Gasteiger partial charge in [0.25, 0.3) is 5.91 Å². The van der Waals surface area contributed by atoms with Crippen LogP contribution >= 0.6 is 0 Å². The van der Waals surface area contributed by atoms with Crippen LogP contribution in [0.25, 0.3) is 0 Å². The average Bonchev–Trinajstić information content (AvgIpc) is 2.48. The van der Waals surface area contributed by atoms with Gasteiger partial charge >= 0.3 is 0 Å². The SMILES string of the molecule is C=CC(CC)(CCCC)CNC(=O)c1ccc(O)cc1. The Bertz CT molecular complexity index is 439. The van der Waals surface area contributed by atoms with Crippen molar-refractivity contribution in [2.24, 2.45) is 5.41 Å². The Balaban J connectivity index is 2.64. The maximum atomic E-state index is 12.1. The molecule has 0 radical (unpaired) electrons. The summed E-state index contributed by atoms with van der Waals surface area (Å²) in [5.74, 6) is 0.0552. The van der Waals surface area contributed by atoms with Gasteiger partial charge in [-0.25, -0.2) is 0 Å². The molecule has 110 valence electrons. The lowest BCUT2D eigenvalue weighted by Crippen LogP contribution is -2.36. The summed E-state index contributed by atoms with van der Waals surface area (Å²) in [5, 5.41) is 12.2. The van der Waals surface area contributed by atoms with E-state index in [0.29, 0.717) is 12.1 Å². The van der Waals surface area contributed by atoms with E-state index in [4.69, 9.17) is 0 Å². The molecule has 0 spiro atoms. The van der Waals surface area contributed by atoms with Crippen molar-refractivity contribution in [1.82, 2.24) is 5.32 Å². The Morgan fingerprint density at radius 3 is 2.50 bits per heavy atom. The Morgan fingerprint density at radius 2 is 2.00 bits per heavy atom. The zero-order valence-corrected chi connectivity index (χ0v) is 12.5.